The molecular formula is C31H33BN2O. The van der Waals surface area contributed by atoms with E-state index in [1.807, 2.05) is 30.5 Å². The molecule has 4 heterocycles. The quantitative estimate of drug-likeness (QED) is 0.235. The lowest BCUT2D eigenvalue weighted by Gasteiger charge is -2.42. The van der Waals surface area contributed by atoms with Crippen LogP contribution in [-0.2, 0) is 0 Å². The molecule has 1 atom stereocenters. The van der Waals surface area contributed by atoms with Crippen LogP contribution in [0.5, 0.6) is 0 Å². The highest BCUT2D eigenvalue weighted by molar-refractivity contribution is 6.61. The summed E-state index contributed by atoms with van der Waals surface area (Å²) >= 11 is 0. The molecule has 35 heavy (non-hydrogen) atoms. The standard InChI is InChI=1S/C31H33BN2O/c1-22-15-17-24(18-16-22)31(35)29-20-19-28(34(29)32-25-10-5-11-26(32)13-6-12-25)30(27-14-7-21-33-27)23-8-3-2-4-9-23/h2-4,7-9,14-21,25-26,30,33H,5-6,10-13H2,1H3. The number of nitrogens with one attached hydrogen (secondary N) is 1. The molecule has 4 aromatic rings. The second-order valence-electron chi connectivity index (χ2n) is 10.6. The van der Waals surface area contributed by atoms with Crippen molar-refractivity contribution in [3.63, 3.8) is 0 Å². The number of benzene rings is 2. The van der Waals surface area contributed by atoms with Crippen LogP contribution in [-0.4, -0.2) is 22.1 Å². The molecule has 6 rings (SSSR count). The van der Waals surface area contributed by atoms with Gasteiger partial charge in [-0.2, -0.15) is 0 Å². The number of hydrogen-bond donors (Lipinski definition) is 1. The largest absolute Gasteiger partial charge is 0.385 e. The highest BCUT2D eigenvalue weighted by Gasteiger charge is 2.44. The Morgan fingerprint density at radius 3 is 2.17 bits per heavy atom. The number of carbonyl (C=O) groups excluding carboxylic acids is 1. The van der Waals surface area contributed by atoms with E-state index in [-0.39, 0.29) is 11.7 Å². The van der Waals surface area contributed by atoms with Crippen LogP contribution in [0.1, 0.15) is 83.0 Å². The molecule has 2 saturated heterocycles. The zero-order valence-corrected chi connectivity index (χ0v) is 20.5. The average molecular weight is 460 g/mol. The number of aryl methyl sites for hydroxylation is 1. The minimum absolute atomic E-state index is 0.0634. The van der Waals surface area contributed by atoms with Gasteiger partial charge >= 0.3 is 0 Å². The second-order valence-corrected chi connectivity index (χ2v) is 10.6. The third-order valence-electron chi connectivity index (χ3n) is 8.42. The average Bonchev–Trinajstić information content (AvgIpc) is 3.56. The van der Waals surface area contributed by atoms with Crippen molar-refractivity contribution in [1.29, 1.82) is 0 Å². The molecular weight excluding hydrogens is 427 g/mol. The van der Waals surface area contributed by atoms with Crippen molar-refractivity contribution in [2.24, 2.45) is 0 Å². The van der Waals surface area contributed by atoms with Crippen molar-refractivity contribution in [2.75, 3.05) is 0 Å². The van der Waals surface area contributed by atoms with Gasteiger partial charge in [0.05, 0.1) is 11.6 Å². The summed E-state index contributed by atoms with van der Waals surface area (Å²) in [6, 6.07) is 27.4. The van der Waals surface area contributed by atoms with Gasteiger partial charge < -0.3 is 9.46 Å². The van der Waals surface area contributed by atoms with Crippen molar-refractivity contribution in [3.05, 3.63) is 119 Å². The summed E-state index contributed by atoms with van der Waals surface area (Å²) in [5.41, 5.74) is 6.46. The lowest BCUT2D eigenvalue weighted by Crippen LogP contribution is -2.43. The minimum atomic E-state index is 0.0634. The monoisotopic (exact) mass is 460 g/mol. The minimum Gasteiger partial charge on any atom is -0.385 e. The number of aromatic nitrogens is 2. The molecule has 0 spiro atoms. The van der Waals surface area contributed by atoms with Crippen LogP contribution in [0.15, 0.2) is 85.1 Å². The van der Waals surface area contributed by atoms with Crippen molar-refractivity contribution in [3.8, 4) is 0 Å². The molecule has 2 aliphatic rings. The summed E-state index contributed by atoms with van der Waals surface area (Å²) in [4.78, 5) is 17.5. The summed E-state index contributed by atoms with van der Waals surface area (Å²) in [5, 5.41) is 0. The molecule has 4 heteroatoms. The fourth-order valence-corrected chi connectivity index (χ4v) is 6.81. The number of nitrogens with zero attached hydrogens (tertiary/aromatic N) is 1. The first-order chi connectivity index (χ1) is 17.2. The van der Waals surface area contributed by atoms with Gasteiger partial charge in [0.1, 0.15) is 0 Å². The third kappa shape index (κ3) is 4.09. The Hall–Kier alpha value is -3.27. The van der Waals surface area contributed by atoms with Gasteiger partial charge in [0.25, 0.3) is 6.85 Å². The van der Waals surface area contributed by atoms with Gasteiger partial charge in [0, 0.05) is 23.1 Å². The summed E-state index contributed by atoms with van der Waals surface area (Å²) in [5.74, 6) is 1.50. The molecule has 2 aromatic heterocycles. The van der Waals surface area contributed by atoms with E-state index in [4.69, 9.17) is 0 Å². The van der Waals surface area contributed by atoms with Gasteiger partial charge in [-0.3, -0.25) is 4.79 Å². The topological polar surface area (TPSA) is 37.8 Å². The molecule has 2 fully saturated rings. The highest BCUT2D eigenvalue weighted by atomic mass is 16.1. The van der Waals surface area contributed by atoms with Gasteiger partial charge in [0.2, 0.25) is 5.78 Å². The van der Waals surface area contributed by atoms with E-state index in [1.165, 1.54) is 61.0 Å². The number of fused-ring (bicyclic) bond motifs is 2. The number of carbonyl (C=O) groups is 1. The fraction of sp³-hybridized carbons (Fsp3) is 0.323. The highest BCUT2D eigenvalue weighted by Crippen LogP contribution is 2.48. The van der Waals surface area contributed by atoms with Crippen LogP contribution in [0.2, 0.25) is 11.6 Å². The Morgan fingerprint density at radius 2 is 1.54 bits per heavy atom. The summed E-state index contributed by atoms with van der Waals surface area (Å²) < 4.78 is 2.49. The molecule has 2 aromatic carbocycles. The number of aromatic amines is 1. The lowest BCUT2D eigenvalue weighted by atomic mass is 9.34. The van der Waals surface area contributed by atoms with Crippen molar-refractivity contribution >= 4 is 12.6 Å². The van der Waals surface area contributed by atoms with Crippen LogP contribution < -0.4 is 0 Å². The van der Waals surface area contributed by atoms with Crippen molar-refractivity contribution < 1.29 is 4.79 Å². The van der Waals surface area contributed by atoms with E-state index >= 15 is 0 Å². The molecule has 3 nitrogen and oxygen atoms in total. The Balaban J connectivity index is 1.54. The molecule has 0 amide bonds. The maximum absolute atomic E-state index is 14.0. The Kier molecular flexibility index (Phi) is 5.97. The first kappa shape index (κ1) is 22.2. The maximum atomic E-state index is 14.0. The van der Waals surface area contributed by atoms with E-state index in [9.17, 15) is 4.79 Å². The van der Waals surface area contributed by atoms with Gasteiger partial charge in [-0.05, 0) is 48.4 Å². The normalized spacial score (nSPS) is 20.5. The zero-order valence-electron chi connectivity index (χ0n) is 20.5. The molecule has 176 valence electrons. The molecule has 2 bridgehead atoms. The lowest BCUT2D eigenvalue weighted by molar-refractivity contribution is 0.103. The van der Waals surface area contributed by atoms with Gasteiger partial charge in [-0.15, -0.1) is 0 Å². The first-order valence-electron chi connectivity index (χ1n) is 13.2. The SMILES string of the molecule is Cc1ccc(C(=O)c2ccc(C(c3ccccc3)c3ccc[nH]3)n2B2C3CCCC2CCC3)cc1. The summed E-state index contributed by atoms with van der Waals surface area (Å²) in [7, 11) is 0. The van der Waals surface area contributed by atoms with Crippen LogP contribution >= 0.6 is 0 Å². The molecule has 0 radical (unpaired) electrons. The molecule has 1 unspecified atom stereocenters. The fourth-order valence-electron chi connectivity index (χ4n) is 6.81. The van der Waals surface area contributed by atoms with E-state index in [0.29, 0.717) is 18.5 Å². The Morgan fingerprint density at radius 1 is 0.857 bits per heavy atom. The number of hydrogen-bond acceptors (Lipinski definition) is 1. The second kappa shape index (κ2) is 9.41. The maximum Gasteiger partial charge on any atom is 0.266 e. The predicted molar refractivity (Wildman–Crippen MR) is 144 cm³/mol. The van der Waals surface area contributed by atoms with E-state index in [1.54, 1.807) is 0 Å². The molecule has 2 aliphatic heterocycles. The van der Waals surface area contributed by atoms with E-state index in [2.05, 4.69) is 71.0 Å². The summed E-state index contributed by atoms with van der Waals surface area (Å²) in [6.45, 7) is 2.46. The van der Waals surface area contributed by atoms with Gasteiger partial charge in [0.15, 0.2) is 0 Å². The molecule has 1 N–H and O–H groups in total. The number of ketones is 1. The summed E-state index contributed by atoms with van der Waals surface area (Å²) in [6.07, 6.45) is 9.74. The van der Waals surface area contributed by atoms with Crippen LogP contribution in [0.4, 0.5) is 0 Å². The van der Waals surface area contributed by atoms with Crippen molar-refractivity contribution in [1.82, 2.24) is 9.46 Å². The zero-order chi connectivity index (χ0) is 23.8. The van der Waals surface area contributed by atoms with Gasteiger partial charge in [-0.1, -0.05) is 98.7 Å². The number of rotatable bonds is 6. The molecule has 0 aliphatic carbocycles. The first-order valence-corrected chi connectivity index (χ1v) is 13.2. The van der Waals surface area contributed by atoms with Crippen LogP contribution in [0, 0.1) is 6.92 Å². The van der Waals surface area contributed by atoms with Gasteiger partial charge in [-0.25, -0.2) is 0 Å². The molecule has 0 saturated carbocycles. The van der Waals surface area contributed by atoms with Crippen LogP contribution in [0.3, 0.4) is 0 Å². The predicted octanol–water partition coefficient (Wildman–Crippen LogP) is 7.48. The third-order valence-corrected chi connectivity index (χ3v) is 8.42. The Bertz CT molecular complexity index is 1270. The van der Waals surface area contributed by atoms with Crippen molar-refractivity contribution in [2.45, 2.75) is 63.0 Å². The number of H-pyrrole nitrogens is 1. The smallest absolute Gasteiger partial charge is 0.266 e. The van der Waals surface area contributed by atoms with E-state index in [0.717, 1.165) is 11.3 Å². The van der Waals surface area contributed by atoms with Crippen LogP contribution in [0.25, 0.3) is 0 Å². The van der Waals surface area contributed by atoms with E-state index < -0.39 is 0 Å². The Labute approximate surface area is 208 Å².